The minimum absolute atomic E-state index is 0.0657. The molecule has 0 amide bonds. The first kappa shape index (κ1) is 38.8. The Morgan fingerprint density at radius 2 is 1.31 bits per heavy atom. The van der Waals surface area contributed by atoms with E-state index in [9.17, 15) is 14.4 Å². The number of aliphatic hydroxyl groups is 2. The van der Waals surface area contributed by atoms with Crippen molar-refractivity contribution >= 4 is 17.9 Å². The second-order valence-electron chi connectivity index (χ2n) is 10.6. The van der Waals surface area contributed by atoms with Crippen molar-refractivity contribution in [1.29, 1.82) is 0 Å². The Bertz CT molecular complexity index is 603. The summed E-state index contributed by atoms with van der Waals surface area (Å²) in [5.74, 6) is -0.638. The third-order valence-corrected chi connectivity index (χ3v) is 5.69. The predicted octanol–water partition coefficient (Wildman–Crippen LogP) is 3.83. The molecule has 0 aromatic rings. The van der Waals surface area contributed by atoms with E-state index in [1.165, 1.54) is 0 Å². The Labute approximate surface area is 219 Å². The highest BCUT2D eigenvalue weighted by Gasteiger charge is 2.27. The van der Waals surface area contributed by atoms with E-state index in [0.29, 0.717) is 6.61 Å². The Hall–Kier alpha value is -1.71. The number of hydrogen-bond acceptors (Lipinski definition) is 9. The van der Waals surface area contributed by atoms with Crippen LogP contribution in [0.15, 0.2) is 0 Å². The van der Waals surface area contributed by atoms with Gasteiger partial charge in [-0.3, -0.25) is 14.4 Å². The van der Waals surface area contributed by atoms with Crippen LogP contribution in [-0.2, 0) is 28.6 Å². The maximum Gasteiger partial charge on any atom is 0.311 e. The molecule has 0 radical (unpaired) electrons. The molecule has 0 aliphatic rings. The average Bonchev–Trinajstić information content (AvgIpc) is 2.81. The fourth-order valence-electron chi connectivity index (χ4n) is 1.71. The fourth-order valence-corrected chi connectivity index (χ4v) is 1.71. The van der Waals surface area contributed by atoms with Gasteiger partial charge in [0.2, 0.25) is 0 Å². The van der Waals surface area contributed by atoms with Gasteiger partial charge in [-0.15, -0.1) is 0 Å². The van der Waals surface area contributed by atoms with Crippen molar-refractivity contribution in [3.8, 4) is 0 Å². The summed E-state index contributed by atoms with van der Waals surface area (Å²) in [5, 5.41) is 17.4. The van der Waals surface area contributed by atoms with E-state index >= 15 is 0 Å². The number of esters is 3. The number of hydrogen-bond donors (Lipinski definition) is 2. The van der Waals surface area contributed by atoms with Crippen molar-refractivity contribution in [2.45, 2.75) is 101 Å². The number of rotatable bonds is 13. The molecule has 0 aliphatic heterocycles. The molecule has 0 aromatic carbocycles. The van der Waals surface area contributed by atoms with Gasteiger partial charge in [-0.25, -0.2) is 0 Å². The van der Waals surface area contributed by atoms with E-state index < -0.39 is 11.5 Å². The van der Waals surface area contributed by atoms with Crippen molar-refractivity contribution in [3.63, 3.8) is 0 Å². The minimum Gasteiger partial charge on any atom is -0.464 e. The van der Waals surface area contributed by atoms with E-state index in [4.69, 9.17) is 24.4 Å². The number of carbonyl (C=O) groups is 3. The van der Waals surface area contributed by atoms with Crippen LogP contribution in [0.25, 0.3) is 0 Å². The monoisotopic (exact) mass is 521 g/mol. The van der Waals surface area contributed by atoms with Gasteiger partial charge in [0.1, 0.15) is 19.3 Å². The third-order valence-electron chi connectivity index (χ3n) is 5.69. The second kappa shape index (κ2) is 20.4. The Balaban J connectivity index is -0.000000455. The quantitative estimate of drug-likeness (QED) is 0.275. The Kier molecular flexibility index (Phi) is 22.0. The average molecular weight is 522 g/mol. The number of carbonyl (C=O) groups excluding carboxylic acids is 3. The lowest BCUT2D eigenvalue weighted by atomic mass is 9.91. The SMILES string of the molecule is CCC(C)(C)C(=O)OCC(C)O.CCC(C)(C)C(=O)OCCN(C)C.CCC(C)C(=O)OC(C)CO. The van der Waals surface area contributed by atoms with Gasteiger partial charge in [-0.2, -0.15) is 0 Å². The third kappa shape index (κ3) is 20.5. The molecule has 3 atom stereocenters. The molecule has 9 heteroatoms. The van der Waals surface area contributed by atoms with Crippen LogP contribution < -0.4 is 0 Å². The molecule has 2 N–H and O–H groups in total. The number of ether oxygens (including phenoxy) is 3. The summed E-state index contributed by atoms with van der Waals surface area (Å²) >= 11 is 0. The van der Waals surface area contributed by atoms with Crippen molar-refractivity contribution in [1.82, 2.24) is 4.90 Å². The van der Waals surface area contributed by atoms with Crippen molar-refractivity contribution in [3.05, 3.63) is 0 Å². The lowest BCUT2D eigenvalue weighted by Crippen LogP contribution is -2.28. The minimum atomic E-state index is -0.582. The van der Waals surface area contributed by atoms with Gasteiger partial charge >= 0.3 is 17.9 Å². The zero-order valence-corrected chi connectivity index (χ0v) is 25.0. The fraction of sp³-hybridized carbons (Fsp3) is 0.889. The number of likely N-dealkylation sites (N-methyl/N-ethyl adjacent to an activating group) is 1. The molecular formula is C27H55NO8. The summed E-state index contributed by atoms with van der Waals surface area (Å²) in [6, 6.07) is 0. The van der Waals surface area contributed by atoms with Crippen LogP contribution in [0.3, 0.4) is 0 Å². The van der Waals surface area contributed by atoms with Gasteiger partial charge in [0, 0.05) is 6.54 Å². The van der Waals surface area contributed by atoms with Crippen LogP contribution in [0.5, 0.6) is 0 Å². The van der Waals surface area contributed by atoms with Crippen molar-refractivity contribution < 1.29 is 38.8 Å². The molecule has 0 bridgehead atoms. The first-order valence-electron chi connectivity index (χ1n) is 12.9. The highest BCUT2D eigenvalue weighted by atomic mass is 16.6. The molecule has 0 aliphatic carbocycles. The van der Waals surface area contributed by atoms with Gasteiger partial charge in [-0.1, -0.05) is 27.7 Å². The summed E-state index contributed by atoms with van der Waals surface area (Å²) < 4.78 is 14.9. The molecule has 3 unspecified atom stereocenters. The molecule has 0 aromatic heterocycles. The molecule has 0 fully saturated rings. The highest BCUT2D eigenvalue weighted by Crippen LogP contribution is 2.22. The summed E-state index contributed by atoms with van der Waals surface area (Å²) in [6.07, 6.45) is 1.37. The zero-order chi connectivity index (χ0) is 29.1. The largest absolute Gasteiger partial charge is 0.464 e. The molecule has 0 rings (SSSR count). The lowest BCUT2D eigenvalue weighted by Gasteiger charge is -2.20. The number of aliphatic hydroxyl groups excluding tert-OH is 2. The van der Waals surface area contributed by atoms with E-state index in [-0.39, 0.29) is 48.6 Å². The highest BCUT2D eigenvalue weighted by molar-refractivity contribution is 5.76. The van der Waals surface area contributed by atoms with Crippen LogP contribution in [0.2, 0.25) is 0 Å². The van der Waals surface area contributed by atoms with Crippen LogP contribution in [0.1, 0.15) is 88.5 Å². The van der Waals surface area contributed by atoms with Gasteiger partial charge in [0.15, 0.2) is 0 Å². The van der Waals surface area contributed by atoms with Gasteiger partial charge in [-0.05, 0) is 74.9 Å². The summed E-state index contributed by atoms with van der Waals surface area (Å²) in [4.78, 5) is 35.7. The smallest absolute Gasteiger partial charge is 0.311 e. The van der Waals surface area contributed by atoms with Crippen LogP contribution in [-0.4, -0.2) is 85.7 Å². The Morgan fingerprint density at radius 3 is 1.64 bits per heavy atom. The van der Waals surface area contributed by atoms with Gasteiger partial charge < -0.3 is 29.3 Å². The van der Waals surface area contributed by atoms with E-state index in [1.807, 2.05) is 74.4 Å². The van der Waals surface area contributed by atoms with Gasteiger partial charge in [0.25, 0.3) is 0 Å². The van der Waals surface area contributed by atoms with Gasteiger partial charge in [0.05, 0.1) is 29.5 Å². The first-order valence-corrected chi connectivity index (χ1v) is 12.9. The van der Waals surface area contributed by atoms with E-state index in [1.54, 1.807) is 13.8 Å². The second-order valence-corrected chi connectivity index (χ2v) is 10.6. The predicted molar refractivity (Wildman–Crippen MR) is 142 cm³/mol. The summed E-state index contributed by atoms with van der Waals surface area (Å²) in [7, 11) is 3.91. The summed E-state index contributed by atoms with van der Waals surface area (Å²) in [5.41, 5.74) is -0.777. The lowest BCUT2D eigenvalue weighted by molar-refractivity contribution is -0.157. The van der Waals surface area contributed by atoms with E-state index in [2.05, 4.69) is 0 Å². The van der Waals surface area contributed by atoms with E-state index in [0.717, 1.165) is 25.8 Å². The first-order chi connectivity index (χ1) is 16.4. The standard InChI is InChI=1S/C10H21NO2.C9H18O3.C8H16O3/c1-6-10(2,3)9(12)13-8-7-11(4)5;1-5-9(3,4)8(11)12-6-7(2)10;1-4-6(2)8(10)11-7(3)5-9/h6-8H2,1-5H3;7,10H,5-6H2,1-4H3;6-7,9H,4-5H2,1-3H3. The van der Waals surface area contributed by atoms with Crippen LogP contribution in [0, 0.1) is 16.7 Å². The van der Waals surface area contributed by atoms with Crippen molar-refractivity contribution in [2.75, 3.05) is 40.5 Å². The molecule has 216 valence electrons. The molecule has 0 heterocycles. The molecule has 9 nitrogen and oxygen atoms in total. The molecule has 0 spiro atoms. The molecular weight excluding hydrogens is 466 g/mol. The van der Waals surface area contributed by atoms with Crippen LogP contribution in [0.4, 0.5) is 0 Å². The zero-order valence-electron chi connectivity index (χ0n) is 25.0. The normalized spacial score (nSPS) is 13.8. The van der Waals surface area contributed by atoms with Crippen LogP contribution >= 0.6 is 0 Å². The molecule has 36 heavy (non-hydrogen) atoms. The van der Waals surface area contributed by atoms with Crippen molar-refractivity contribution in [2.24, 2.45) is 16.7 Å². The Morgan fingerprint density at radius 1 is 0.861 bits per heavy atom. The molecule has 0 saturated carbocycles. The molecule has 0 saturated heterocycles. The topological polar surface area (TPSA) is 123 Å². The maximum atomic E-state index is 11.4. The number of nitrogens with zero attached hydrogens (tertiary/aromatic N) is 1. The summed E-state index contributed by atoms with van der Waals surface area (Å²) in [6.45, 7) is 19.6. The maximum absolute atomic E-state index is 11.4.